The van der Waals surface area contributed by atoms with Gasteiger partial charge in [-0.25, -0.2) is 0 Å². The van der Waals surface area contributed by atoms with Crippen LogP contribution in [0.5, 0.6) is 23.0 Å². The number of fused-ring (bicyclic) bond motifs is 19. The first-order valence-electron chi connectivity index (χ1n) is 26.7. The zero-order valence-electron chi connectivity index (χ0n) is 40.7. The number of furan rings is 1. The van der Waals surface area contributed by atoms with Crippen molar-refractivity contribution in [2.24, 2.45) is 0 Å². The van der Waals surface area contributed by atoms with Crippen molar-refractivity contribution in [3.05, 3.63) is 193 Å². The maximum absolute atomic E-state index is 7.29. The Labute approximate surface area is 431 Å². The van der Waals surface area contributed by atoms with E-state index in [-0.39, 0.29) is 13.4 Å². The molecule has 0 aliphatic carbocycles. The van der Waals surface area contributed by atoms with Gasteiger partial charge in [-0.3, -0.25) is 0 Å². The molecule has 3 aromatic heterocycles. The van der Waals surface area contributed by atoms with E-state index in [4.69, 9.17) is 13.9 Å². The van der Waals surface area contributed by atoms with Crippen LogP contribution in [0.2, 0.25) is 0 Å². The van der Waals surface area contributed by atoms with Crippen molar-refractivity contribution >= 4 is 135 Å². The quantitative estimate of drug-likeness (QED) is 0.162. The van der Waals surface area contributed by atoms with Gasteiger partial charge >= 0.3 is 0 Å². The second kappa shape index (κ2) is 13.9. The van der Waals surface area contributed by atoms with Crippen LogP contribution in [0.25, 0.3) is 76.9 Å². The molecular weight excluding hydrogens is 918 g/mol. The van der Waals surface area contributed by atoms with Gasteiger partial charge in [0.1, 0.15) is 34.2 Å². The first kappa shape index (κ1) is 39.5. The molecule has 9 heteroatoms. The first-order valence-corrected chi connectivity index (χ1v) is 26.7. The summed E-state index contributed by atoms with van der Waals surface area (Å²) in [5.41, 5.74) is 23.8. The largest absolute Gasteiger partial charge is 0.458 e. The molecule has 350 valence electrons. The average Bonchev–Trinajstić information content (AvgIpc) is 4.11. The van der Waals surface area contributed by atoms with Crippen LogP contribution in [0, 0.1) is 0 Å². The third-order valence-electron chi connectivity index (χ3n) is 18.0. The van der Waals surface area contributed by atoms with Gasteiger partial charge in [0.2, 0.25) is 0 Å². The molecule has 0 unspecified atom stereocenters. The predicted octanol–water partition coefficient (Wildman–Crippen LogP) is 11.8. The topological polar surface area (TPSA) is 47.9 Å². The highest BCUT2D eigenvalue weighted by molar-refractivity contribution is 7.00. The van der Waals surface area contributed by atoms with Gasteiger partial charge in [0.25, 0.3) is 13.4 Å². The lowest BCUT2D eigenvalue weighted by atomic mass is 9.34. The predicted molar refractivity (Wildman–Crippen MR) is 308 cm³/mol. The summed E-state index contributed by atoms with van der Waals surface area (Å²) >= 11 is 0. The maximum Gasteiger partial charge on any atom is 0.256 e. The third-order valence-corrected chi connectivity index (χ3v) is 18.0. The van der Waals surface area contributed by atoms with Gasteiger partial charge in [-0.2, -0.15) is 0 Å². The van der Waals surface area contributed by atoms with E-state index >= 15 is 0 Å². The Kier molecular flexibility index (Phi) is 7.34. The van der Waals surface area contributed by atoms with Gasteiger partial charge in [0, 0.05) is 115 Å². The molecule has 0 fully saturated rings. The van der Waals surface area contributed by atoms with E-state index in [9.17, 15) is 0 Å². The van der Waals surface area contributed by atoms with Crippen LogP contribution < -0.4 is 52.1 Å². The summed E-state index contributed by atoms with van der Waals surface area (Å²) in [6.45, 7) is 1.76. The number of anilines is 4. The summed E-state index contributed by atoms with van der Waals surface area (Å²) in [5, 5.41) is 7.22. The van der Waals surface area contributed by atoms with Crippen molar-refractivity contribution in [2.75, 3.05) is 22.9 Å². The fourth-order valence-electron chi connectivity index (χ4n) is 15.0. The van der Waals surface area contributed by atoms with Crippen molar-refractivity contribution in [2.45, 2.75) is 25.7 Å². The third kappa shape index (κ3) is 4.99. The van der Waals surface area contributed by atoms with Gasteiger partial charge in [0.05, 0.1) is 11.0 Å². The van der Waals surface area contributed by atoms with Crippen LogP contribution in [0.15, 0.2) is 186 Å². The minimum atomic E-state index is -0.0642. The van der Waals surface area contributed by atoms with E-state index in [1.54, 1.807) is 0 Å². The Hall–Kier alpha value is -9.07. The maximum atomic E-state index is 7.29. The smallest absolute Gasteiger partial charge is 0.256 e. The molecule has 0 saturated carbocycles. The van der Waals surface area contributed by atoms with E-state index in [1.165, 1.54) is 99.3 Å². The Morgan fingerprint density at radius 1 is 0.360 bits per heavy atom. The molecule has 7 nitrogen and oxygen atoms in total. The zero-order valence-corrected chi connectivity index (χ0v) is 40.7. The van der Waals surface area contributed by atoms with Gasteiger partial charge in [-0.15, -0.1) is 0 Å². The lowest BCUT2D eigenvalue weighted by Gasteiger charge is -2.36. The summed E-state index contributed by atoms with van der Waals surface area (Å²) in [6.07, 6.45) is 4.36. The second-order valence-electron chi connectivity index (χ2n) is 21.7. The van der Waals surface area contributed by atoms with Crippen molar-refractivity contribution in [1.29, 1.82) is 0 Å². The summed E-state index contributed by atoms with van der Waals surface area (Å²) in [4.78, 5) is 5.00. The monoisotopic (exact) mass is 960 g/mol. The zero-order chi connectivity index (χ0) is 48.4. The van der Waals surface area contributed by atoms with Crippen LogP contribution in [0.3, 0.4) is 0 Å². The lowest BCUT2D eigenvalue weighted by molar-refractivity contribution is 0.485. The van der Waals surface area contributed by atoms with Crippen LogP contribution in [0.1, 0.15) is 24.0 Å². The number of para-hydroxylation sites is 6. The summed E-state index contributed by atoms with van der Waals surface area (Å²) in [6, 6.07) is 67.9. The average molecular weight is 961 g/mol. The Balaban J connectivity index is 0.837. The van der Waals surface area contributed by atoms with Crippen molar-refractivity contribution in [3.8, 4) is 34.4 Å². The molecule has 10 aromatic carbocycles. The molecule has 0 saturated heterocycles. The fraction of sp³-hybridized carbons (Fsp3) is 0.0909. The van der Waals surface area contributed by atoms with Crippen LogP contribution in [-0.2, 0) is 12.8 Å². The van der Waals surface area contributed by atoms with E-state index < -0.39 is 0 Å². The van der Waals surface area contributed by atoms with E-state index in [0.29, 0.717) is 0 Å². The Morgan fingerprint density at radius 3 is 1.32 bits per heavy atom. The molecule has 75 heavy (non-hydrogen) atoms. The van der Waals surface area contributed by atoms with E-state index in [1.807, 2.05) is 0 Å². The number of aromatic nitrogens is 2. The standard InChI is InChI=1S/C66H42B2N4O3/c1-5-23-51-37(13-1)15-11-27-69(51)39-29-55-63-61(31-39)74-59-35-57-45(33-49(59)67(63)47-21-9-19-43-41-17-3-7-25-53(41)71(55)65(43)47)46-34-50-60(36-58(46)73-57)75-62-32-40(70-28-12-16-38-14-2-6-24-52(38)70)30-56-64(62)68(50)48-22-10-20-44-42-18-4-8-26-54(42)72(56)66(44)48/h1-10,13-14,17-26,29-36H,11-12,15-16,27-28H2. The van der Waals surface area contributed by atoms with Crippen molar-refractivity contribution in [1.82, 2.24) is 9.13 Å². The number of hydrogen-bond donors (Lipinski definition) is 0. The van der Waals surface area contributed by atoms with Gasteiger partial charge < -0.3 is 32.8 Å². The molecule has 0 amide bonds. The number of ether oxygens (including phenoxy) is 2. The molecular formula is C66H42B2N4O3. The summed E-state index contributed by atoms with van der Waals surface area (Å²) < 4.78 is 26.6. The van der Waals surface area contributed by atoms with Gasteiger partial charge in [0.15, 0.2) is 0 Å². The molecule has 9 heterocycles. The van der Waals surface area contributed by atoms with Gasteiger partial charge in [-0.1, -0.05) is 121 Å². The van der Waals surface area contributed by atoms with E-state index in [0.717, 1.165) is 106 Å². The Morgan fingerprint density at radius 2 is 0.813 bits per heavy atom. The number of aryl methyl sites for hydroxylation is 2. The molecule has 0 atom stereocenters. The molecule has 0 bridgehead atoms. The normalized spacial score (nSPS) is 15.3. The fourth-order valence-corrected chi connectivity index (χ4v) is 15.0. The number of hydrogen-bond acceptors (Lipinski definition) is 5. The number of nitrogens with zero attached hydrogens (tertiary/aromatic N) is 4. The Bertz CT molecular complexity index is 4500. The lowest BCUT2D eigenvalue weighted by Crippen LogP contribution is -2.58. The van der Waals surface area contributed by atoms with Crippen molar-refractivity contribution in [3.63, 3.8) is 0 Å². The number of benzene rings is 10. The van der Waals surface area contributed by atoms with Crippen LogP contribution >= 0.6 is 0 Å². The summed E-state index contributed by atoms with van der Waals surface area (Å²) in [7, 11) is 0. The minimum Gasteiger partial charge on any atom is -0.458 e. The highest BCUT2D eigenvalue weighted by atomic mass is 16.5. The van der Waals surface area contributed by atoms with Crippen LogP contribution in [0.4, 0.5) is 22.7 Å². The molecule has 0 spiro atoms. The molecule has 6 aliphatic heterocycles. The second-order valence-corrected chi connectivity index (χ2v) is 21.7. The highest BCUT2D eigenvalue weighted by Crippen LogP contribution is 2.46. The SMILES string of the molecule is c1ccc2c(c1)CCCN2c1cc2c3c(c1)-n1c4ccccc4c4cccc(c41)B3c1cc3c(cc1O2)oc1cc2c(cc13)B1c3c(cc(N4CCCc5ccccc54)cc3-n3c4ccccc4c4cccc1c43)O2. The molecule has 6 aliphatic rings. The summed E-state index contributed by atoms with van der Waals surface area (Å²) in [5.74, 6) is 3.46. The van der Waals surface area contributed by atoms with Crippen molar-refractivity contribution < 1.29 is 13.9 Å². The number of rotatable bonds is 2. The molecule has 0 radical (unpaired) electrons. The van der Waals surface area contributed by atoms with E-state index in [2.05, 4.69) is 201 Å². The molecule has 0 N–H and O–H groups in total. The molecule has 19 rings (SSSR count). The highest BCUT2D eigenvalue weighted by Gasteiger charge is 2.44. The van der Waals surface area contributed by atoms with Crippen LogP contribution in [-0.4, -0.2) is 35.6 Å². The van der Waals surface area contributed by atoms with Gasteiger partial charge in [-0.05, 0) is 106 Å². The first-order chi connectivity index (χ1) is 37.2. The molecule has 13 aromatic rings. The minimum absolute atomic E-state index is 0.0642.